The molecule has 0 aliphatic heterocycles. The van der Waals surface area contributed by atoms with Crippen molar-refractivity contribution in [3.05, 3.63) is 65.7 Å². The number of hydrogen-bond acceptors (Lipinski definition) is 2. The minimum absolute atomic E-state index is 0.309. The minimum Gasteiger partial charge on any atom is -0.423 e. The molecular weight excluding hydrogens is 272 g/mol. The van der Waals surface area contributed by atoms with Gasteiger partial charge in [0.15, 0.2) is 0 Å². The molecular formula is C20H24O2. The average molecular weight is 296 g/mol. The molecule has 0 fully saturated rings. The number of esters is 1. The third-order valence-electron chi connectivity index (χ3n) is 3.91. The molecule has 1 atom stereocenters. The minimum atomic E-state index is -0.309. The second kappa shape index (κ2) is 8.38. The number of benzene rings is 2. The molecule has 22 heavy (non-hydrogen) atoms. The van der Waals surface area contributed by atoms with Crippen molar-refractivity contribution in [1.29, 1.82) is 0 Å². The maximum absolute atomic E-state index is 12.1. The van der Waals surface area contributed by atoms with Crippen LogP contribution in [0.25, 0.3) is 0 Å². The van der Waals surface area contributed by atoms with Gasteiger partial charge in [-0.3, -0.25) is 0 Å². The number of carbonyl (C=O) groups excluding carboxylic acids is 1. The third kappa shape index (κ3) is 4.73. The quantitative estimate of drug-likeness (QED) is 0.378. The van der Waals surface area contributed by atoms with Gasteiger partial charge in [0.1, 0.15) is 5.75 Å². The Morgan fingerprint density at radius 1 is 1.00 bits per heavy atom. The largest absolute Gasteiger partial charge is 0.423 e. The second-order valence-electron chi connectivity index (χ2n) is 5.72. The van der Waals surface area contributed by atoms with E-state index in [2.05, 4.69) is 13.8 Å². The highest BCUT2D eigenvalue weighted by atomic mass is 16.5. The highest BCUT2D eigenvalue weighted by Gasteiger charge is 2.10. The Balaban J connectivity index is 1.94. The zero-order chi connectivity index (χ0) is 15.8. The second-order valence-corrected chi connectivity index (χ2v) is 5.72. The van der Waals surface area contributed by atoms with Gasteiger partial charge in [-0.25, -0.2) is 4.79 Å². The summed E-state index contributed by atoms with van der Waals surface area (Å²) in [6.45, 7) is 4.46. The van der Waals surface area contributed by atoms with Crippen molar-refractivity contribution in [2.45, 2.75) is 45.4 Å². The van der Waals surface area contributed by atoms with Gasteiger partial charge in [-0.15, -0.1) is 0 Å². The molecule has 0 saturated carbocycles. The summed E-state index contributed by atoms with van der Waals surface area (Å²) in [5.74, 6) is 0.798. The molecule has 2 aromatic carbocycles. The summed E-state index contributed by atoms with van der Waals surface area (Å²) in [6.07, 6.45) is 4.99. The van der Waals surface area contributed by atoms with Crippen LogP contribution in [-0.2, 0) is 0 Å². The molecule has 0 N–H and O–H groups in total. The topological polar surface area (TPSA) is 26.3 Å². The molecule has 0 aromatic heterocycles. The lowest BCUT2D eigenvalue weighted by Crippen LogP contribution is -2.08. The average Bonchev–Trinajstić information content (AvgIpc) is 2.56. The van der Waals surface area contributed by atoms with Crippen molar-refractivity contribution in [3.63, 3.8) is 0 Å². The summed E-state index contributed by atoms with van der Waals surface area (Å²) in [7, 11) is 0. The molecule has 0 radical (unpaired) electrons. The predicted molar refractivity (Wildman–Crippen MR) is 90.4 cm³/mol. The Kier molecular flexibility index (Phi) is 6.20. The van der Waals surface area contributed by atoms with Gasteiger partial charge >= 0.3 is 5.97 Å². The smallest absolute Gasteiger partial charge is 0.343 e. The van der Waals surface area contributed by atoms with Gasteiger partial charge in [0.25, 0.3) is 0 Å². The first-order chi connectivity index (χ1) is 10.7. The van der Waals surface area contributed by atoms with E-state index in [0.717, 1.165) is 0 Å². The number of rotatable bonds is 7. The van der Waals surface area contributed by atoms with Crippen molar-refractivity contribution in [3.8, 4) is 5.75 Å². The first kappa shape index (κ1) is 16.3. The lowest BCUT2D eigenvalue weighted by atomic mass is 9.94. The zero-order valence-electron chi connectivity index (χ0n) is 13.4. The van der Waals surface area contributed by atoms with Crippen LogP contribution in [0.2, 0.25) is 0 Å². The first-order valence-corrected chi connectivity index (χ1v) is 8.08. The third-order valence-corrected chi connectivity index (χ3v) is 3.91. The number of para-hydroxylation sites is 1. The van der Waals surface area contributed by atoms with E-state index in [1.54, 1.807) is 12.1 Å². The fourth-order valence-electron chi connectivity index (χ4n) is 2.47. The molecule has 0 heterocycles. The van der Waals surface area contributed by atoms with Gasteiger partial charge < -0.3 is 4.74 Å². The van der Waals surface area contributed by atoms with Gasteiger partial charge in [-0.1, -0.05) is 63.4 Å². The number of unbranched alkanes of at least 4 members (excludes halogenated alkanes) is 2. The van der Waals surface area contributed by atoms with E-state index in [4.69, 9.17) is 4.74 Å². The first-order valence-electron chi connectivity index (χ1n) is 8.08. The van der Waals surface area contributed by atoms with Crippen molar-refractivity contribution in [1.82, 2.24) is 0 Å². The summed E-state index contributed by atoms with van der Waals surface area (Å²) in [4.78, 5) is 12.1. The summed E-state index contributed by atoms with van der Waals surface area (Å²) in [5.41, 5.74) is 1.88. The molecule has 116 valence electrons. The van der Waals surface area contributed by atoms with Gasteiger partial charge in [0.05, 0.1) is 5.56 Å². The van der Waals surface area contributed by atoms with Crippen LogP contribution in [0.5, 0.6) is 5.75 Å². The normalized spacial score (nSPS) is 11.9. The Morgan fingerprint density at radius 2 is 1.68 bits per heavy atom. The van der Waals surface area contributed by atoms with Crippen LogP contribution in [0, 0.1) is 0 Å². The molecule has 0 aliphatic rings. The van der Waals surface area contributed by atoms with Crippen molar-refractivity contribution in [2.75, 3.05) is 0 Å². The molecule has 0 amide bonds. The summed E-state index contributed by atoms with van der Waals surface area (Å²) < 4.78 is 5.34. The van der Waals surface area contributed by atoms with Crippen LogP contribution < -0.4 is 4.74 Å². The van der Waals surface area contributed by atoms with Crippen LogP contribution >= 0.6 is 0 Å². The fraction of sp³-hybridized carbons (Fsp3) is 0.350. The SMILES string of the molecule is CCCCCC(C)c1ccc(C(=O)Oc2ccccc2)cc1. The number of carbonyl (C=O) groups is 1. The molecule has 0 spiro atoms. The molecule has 0 bridgehead atoms. The van der Waals surface area contributed by atoms with Gasteiger partial charge in [-0.05, 0) is 42.2 Å². The van der Waals surface area contributed by atoms with E-state index in [0.29, 0.717) is 17.2 Å². The van der Waals surface area contributed by atoms with E-state index in [-0.39, 0.29) is 5.97 Å². The van der Waals surface area contributed by atoms with Crippen molar-refractivity contribution < 1.29 is 9.53 Å². The summed E-state index contributed by atoms with van der Waals surface area (Å²) >= 11 is 0. The molecule has 2 rings (SSSR count). The van der Waals surface area contributed by atoms with Gasteiger partial charge in [0.2, 0.25) is 0 Å². The molecule has 2 heteroatoms. The lowest BCUT2D eigenvalue weighted by Gasteiger charge is -2.12. The van der Waals surface area contributed by atoms with E-state index >= 15 is 0 Å². The summed E-state index contributed by atoms with van der Waals surface area (Å²) in [5, 5.41) is 0. The van der Waals surface area contributed by atoms with Gasteiger partial charge in [-0.2, -0.15) is 0 Å². The Morgan fingerprint density at radius 3 is 2.32 bits per heavy atom. The van der Waals surface area contributed by atoms with Crippen LogP contribution in [0.3, 0.4) is 0 Å². The number of hydrogen-bond donors (Lipinski definition) is 0. The fourth-order valence-corrected chi connectivity index (χ4v) is 2.47. The molecule has 0 aliphatic carbocycles. The van der Waals surface area contributed by atoms with E-state index in [1.807, 2.05) is 42.5 Å². The van der Waals surface area contributed by atoms with Crippen LogP contribution in [0.1, 0.15) is 61.4 Å². The van der Waals surface area contributed by atoms with Gasteiger partial charge in [0, 0.05) is 0 Å². The van der Waals surface area contributed by atoms with Crippen LogP contribution in [0.15, 0.2) is 54.6 Å². The maximum atomic E-state index is 12.1. The lowest BCUT2D eigenvalue weighted by molar-refractivity contribution is 0.0735. The van der Waals surface area contributed by atoms with Crippen LogP contribution in [-0.4, -0.2) is 5.97 Å². The molecule has 1 unspecified atom stereocenters. The van der Waals surface area contributed by atoms with E-state index in [1.165, 1.54) is 31.2 Å². The monoisotopic (exact) mass is 296 g/mol. The highest BCUT2D eigenvalue weighted by Crippen LogP contribution is 2.22. The maximum Gasteiger partial charge on any atom is 0.343 e. The molecule has 2 aromatic rings. The Labute approximate surface area is 133 Å². The van der Waals surface area contributed by atoms with E-state index < -0.39 is 0 Å². The highest BCUT2D eigenvalue weighted by molar-refractivity contribution is 5.91. The van der Waals surface area contributed by atoms with Crippen molar-refractivity contribution >= 4 is 5.97 Å². The van der Waals surface area contributed by atoms with Crippen LogP contribution in [0.4, 0.5) is 0 Å². The molecule has 2 nitrogen and oxygen atoms in total. The Bertz CT molecular complexity index is 572. The predicted octanol–water partition coefficient (Wildman–Crippen LogP) is 5.59. The standard InChI is InChI=1S/C20H24O2/c1-3-4-6-9-16(2)17-12-14-18(15-13-17)20(21)22-19-10-7-5-8-11-19/h5,7-8,10-16H,3-4,6,9H2,1-2H3. The zero-order valence-corrected chi connectivity index (χ0v) is 13.4. The number of ether oxygens (including phenoxy) is 1. The Hall–Kier alpha value is -2.09. The molecule has 0 saturated heterocycles. The summed E-state index contributed by atoms with van der Waals surface area (Å²) in [6, 6.07) is 17.0. The van der Waals surface area contributed by atoms with E-state index in [9.17, 15) is 4.79 Å². The van der Waals surface area contributed by atoms with Crippen molar-refractivity contribution in [2.24, 2.45) is 0 Å².